The number of rotatable bonds is 7. The van der Waals surface area contributed by atoms with Crippen molar-refractivity contribution >= 4 is 33.2 Å². The SMILES string of the molecule is CC(C)[C@H](NS(=O)(=O)c1ccccc1F)C(=O)Nc1ccc(C(=O)N2CCc3ccccc32)cc1. The molecule has 35 heavy (non-hydrogen) atoms. The van der Waals surface area contributed by atoms with Gasteiger partial charge in [0.25, 0.3) is 5.91 Å². The first-order chi connectivity index (χ1) is 16.7. The lowest BCUT2D eigenvalue weighted by atomic mass is 10.0. The lowest BCUT2D eigenvalue weighted by molar-refractivity contribution is -0.118. The van der Waals surface area contributed by atoms with Gasteiger partial charge in [0.05, 0.1) is 0 Å². The topological polar surface area (TPSA) is 95.6 Å². The molecule has 0 unspecified atom stereocenters. The first kappa shape index (κ1) is 24.6. The average molecular weight is 496 g/mol. The third-order valence-electron chi connectivity index (χ3n) is 5.89. The lowest BCUT2D eigenvalue weighted by Gasteiger charge is -2.22. The number of sulfonamides is 1. The van der Waals surface area contributed by atoms with Crippen molar-refractivity contribution in [2.45, 2.75) is 31.2 Å². The van der Waals surface area contributed by atoms with E-state index in [1.165, 1.54) is 12.1 Å². The molecule has 182 valence electrons. The Hall–Kier alpha value is -3.56. The summed E-state index contributed by atoms with van der Waals surface area (Å²) in [6, 6.07) is 18.0. The van der Waals surface area contributed by atoms with Gasteiger partial charge in [-0.15, -0.1) is 0 Å². The van der Waals surface area contributed by atoms with Crippen LogP contribution in [0.3, 0.4) is 0 Å². The number of amides is 2. The molecule has 0 fully saturated rings. The number of halogens is 1. The van der Waals surface area contributed by atoms with E-state index in [0.29, 0.717) is 17.8 Å². The molecule has 9 heteroatoms. The van der Waals surface area contributed by atoms with Crippen molar-refractivity contribution in [1.82, 2.24) is 4.72 Å². The first-order valence-corrected chi connectivity index (χ1v) is 12.7. The minimum atomic E-state index is -4.26. The molecule has 1 heterocycles. The fourth-order valence-electron chi connectivity index (χ4n) is 4.01. The van der Waals surface area contributed by atoms with Gasteiger partial charge in [0.15, 0.2) is 0 Å². The molecular formula is C26H26FN3O4S. The molecular weight excluding hydrogens is 469 g/mol. The van der Waals surface area contributed by atoms with Crippen LogP contribution in [-0.2, 0) is 21.2 Å². The van der Waals surface area contributed by atoms with Gasteiger partial charge in [-0.3, -0.25) is 9.59 Å². The van der Waals surface area contributed by atoms with E-state index in [1.54, 1.807) is 43.0 Å². The molecule has 2 N–H and O–H groups in total. The molecule has 0 aliphatic carbocycles. The fraction of sp³-hybridized carbons (Fsp3) is 0.231. The van der Waals surface area contributed by atoms with Crippen LogP contribution in [0.25, 0.3) is 0 Å². The van der Waals surface area contributed by atoms with Crippen molar-refractivity contribution in [3.63, 3.8) is 0 Å². The van der Waals surface area contributed by atoms with Crippen LogP contribution in [0.5, 0.6) is 0 Å². The second kappa shape index (κ2) is 9.97. The predicted molar refractivity (Wildman–Crippen MR) is 132 cm³/mol. The van der Waals surface area contributed by atoms with E-state index in [9.17, 15) is 22.4 Å². The van der Waals surface area contributed by atoms with E-state index in [0.717, 1.165) is 29.8 Å². The molecule has 1 aliphatic heterocycles. The van der Waals surface area contributed by atoms with E-state index in [2.05, 4.69) is 10.0 Å². The number of nitrogens with zero attached hydrogens (tertiary/aromatic N) is 1. The highest BCUT2D eigenvalue weighted by Crippen LogP contribution is 2.29. The number of nitrogens with one attached hydrogen (secondary N) is 2. The number of fused-ring (bicyclic) bond motifs is 1. The second-order valence-electron chi connectivity index (χ2n) is 8.68. The summed E-state index contributed by atoms with van der Waals surface area (Å²) < 4.78 is 41.7. The zero-order valence-corrected chi connectivity index (χ0v) is 20.2. The Labute approximate surface area is 204 Å². The Bertz CT molecular complexity index is 1360. The zero-order valence-electron chi connectivity index (χ0n) is 19.4. The average Bonchev–Trinajstić information content (AvgIpc) is 3.27. The van der Waals surface area contributed by atoms with Crippen molar-refractivity contribution in [3.05, 3.63) is 89.7 Å². The van der Waals surface area contributed by atoms with Crippen LogP contribution in [0, 0.1) is 11.7 Å². The molecule has 1 aliphatic rings. The van der Waals surface area contributed by atoms with E-state index in [4.69, 9.17) is 0 Å². The minimum absolute atomic E-state index is 0.134. The smallest absolute Gasteiger partial charge is 0.258 e. The van der Waals surface area contributed by atoms with E-state index < -0.39 is 38.6 Å². The monoisotopic (exact) mass is 495 g/mol. The van der Waals surface area contributed by atoms with Gasteiger partial charge in [-0.25, -0.2) is 12.8 Å². The van der Waals surface area contributed by atoms with Crippen molar-refractivity contribution in [2.75, 3.05) is 16.8 Å². The van der Waals surface area contributed by atoms with Crippen LogP contribution in [0.2, 0.25) is 0 Å². The van der Waals surface area contributed by atoms with Gasteiger partial charge in [-0.2, -0.15) is 4.72 Å². The molecule has 4 rings (SSSR count). The molecule has 0 saturated carbocycles. The molecule has 0 saturated heterocycles. The Morgan fingerprint density at radius 2 is 1.60 bits per heavy atom. The van der Waals surface area contributed by atoms with Gasteiger partial charge in [0.1, 0.15) is 16.8 Å². The second-order valence-corrected chi connectivity index (χ2v) is 10.4. The normalized spacial score (nSPS) is 14.0. The lowest BCUT2D eigenvalue weighted by Crippen LogP contribution is -2.47. The molecule has 1 atom stereocenters. The van der Waals surface area contributed by atoms with Crippen LogP contribution in [-0.4, -0.2) is 32.8 Å². The Balaban J connectivity index is 1.46. The van der Waals surface area contributed by atoms with Crippen LogP contribution < -0.4 is 14.9 Å². The van der Waals surface area contributed by atoms with Gasteiger partial charge in [-0.05, 0) is 60.4 Å². The summed E-state index contributed by atoms with van der Waals surface area (Å²) in [7, 11) is -4.26. The number of para-hydroxylation sites is 1. The summed E-state index contributed by atoms with van der Waals surface area (Å²) in [5.74, 6) is -2.03. The molecule has 0 aromatic heterocycles. The number of carbonyl (C=O) groups excluding carboxylic acids is 2. The number of benzene rings is 3. The Kier molecular flexibility index (Phi) is 7.00. The molecule has 7 nitrogen and oxygen atoms in total. The molecule has 0 spiro atoms. The van der Waals surface area contributed by atoms with Crippen molar-refractivity contribution < 1.29 is 22.4 Å². The maximum Gasteiger partial charge on any atom is 0.258 e. The number of hydrogen-bond donors (Lipinski definition) is 2. The van der Waals surface area contributed by atoms with Crippen LogP contribution in [0.1, 0.15) is 29.8 Å². The fourth-order valence-corrected chi connectivity index (χ4v) is 5.43. The quantitative estimate of drug-likeness (QED) is 0.519. The Morgan fingerprint density at radius 3 is 2.29 bits per heavy atom. The number of anilines is 2. The maximum absolute atomic E-state index is 14.0. The van der Waals surface area contributed by atoms with Crippen LogP contribution >= 0.6 is 0 Å². The number of hydrogen-bond acceptors (Lipinski definition) is 4. The Morgan fingerprint density at radius 1 is 0.943 bits per heavy atom. The summed E-state index contributed by atoms with van der Waals surface area (Å²) in [4.78, 5) is 27.1. The van der Waals surface area contributed by atoms with Gasteiger partial charge in [0, 0.05) is 23.5 Å². The minimum Gasteiger partial charge on any atom is -0.325 e. The number of carbonyl (C=O) groups is 2. The highest BCUT2D eigenvalue weighted by molar-refractivity contribution is 7.89. The van der Waals surface area contributed by atoms with E-state index >= 15 is 0 Å². The third kappa shape index (κ3) is 5.26. The predicted octanol–water partition coefficient (Wildman–Crippen LogP) is 3.97. The highest BCUT2D eigenvalue weighted by atomic mass is 32.2. The summed E-state index contributed by atoms with van der Waals surface area (Å²) in [6.45, 7) is 3.97. The summed E-state index contributed by atoms with van der Waals surface area (Å²) in [6.07, 6.45) is 0.801. The van der Waals surface area contributed by atoms with Gasteiger partial charge in [0.2, 0.25) is 15.9 Å². The summed E-state index contributed by atoms with van der Waals surface area (Å²) >= 11 is 0. The van der Waals surface area contributed by atoms with Gasteiger partial charge >= 0.3 is 0 Å². The van der Waals surface area contributed by atoms with Crippen molar-refractivity contribution in [1.29, 1.82) is 0 Å². The van der Waals surface area contributed by atoms with Crippen LogP contribution in [0.15, 0.2) is 77.7 Å². The largest absolute Gasteiger partial charge is 0.325 e. The van der Waals surface area contributed by atoms with Crippen molar-refractivity contribution in [3.8, 4) is 0 Å². The maximum atomic E-state index is 14.0. The highest BCUT2D eigenvalue weighted by Gasteiger charge is 2.30. The standard InChI is InChI=1S/C26H26FN3O4S/c1-17(2)24(29-35(33,34)23-10-6-4-8-21(23)27)25(31)28-20-13-11-19(12-14-20)26(32)30-16-15-18-7-3-5-9-22(18)30/h3-14,17,24,29H,15-16H2,1-2H3,(H,28,31)/t24-/m0/s1. The van der Waals surface area contributed by atoms with Gasteiger partial charge < -0.3 is 10.2 Å². The molecule has 3 aromatic rings. The summed E-state index contributed by atoms with van der Waals surface area (Å²) in [5.41, 5.74) is 2.91. The van der Waals surface area contributed by atoms with E-state index in [-0.39, 0.29) is 5.91 Å². The van der Waals surface area contributed by atoms with Crippen molar-refractivity contribution in [2.24, 2.45) is 5.92 Å². The molecule has 0 bridgehead atoms. The zero-order chi connectivity index (χ0) is 25.2. The van der Waals surface area contributed by atoms with Crippen LogP contribution in [0.4, 0.5) is 15.8 Å². The third-order valence-corrected chi connectivity index (χ3v) is 7.36. The molecule has 0 radical (unpaired) electrons. The summed E-state index contributed by atoms with van der Waals surface area (Å²) in [5, 5.41) is 2.68. The van der Waals surface area contributed by atoms with Gasteiger partial charge in [-0.1, -0.05) is 44.2 Å². The molecule has 2 amide bonds. The van der Waals surface area contributed by atoms with E-state index in [1.807, 2.05) is 24.3 Å². The molecule has 3 aromatic carbocycles. The first-order valence-electron chi connectivity index (χ1n) is 11.2.